The summed E-state index contributed by atoms with van der Waals surface area (Å²) in [5.41, 5.74) is 0. The number of aliphatic carboxylic acids is 1. The number of urea groups is 1. The van der Waals surface area contributed by atoms with Gasteiger partial charge in [-0.3, -0.25) is 9.59 Å². The Labute approximate surface area is 109 Å². The van der Waals surface area contributed by atoms with Crippen LogP contribution in [0.15, 0.2) is 0 Å². The minimum absolute atomic E-state index is 0.169. The number of carbonyl (C=O) groups excluding carboxylic acids is 3. The summed E-state index contributed by atoms with van der Waals surface area (Å²) in [6.45, 7) is 1.38. The number of methoxy groups -OCH3 is 1. The zero-order chi connectivity index (χ0) is 14.8. The Morgan fingerprint density at radius 3 is 2.32 bits per heavy atom. The van der Waals surface area contributed by atoms with E-state index in [0.717, 1.165) is 7.11 Å². The molecule has 108 valence electrons. The molecule has 0 aliphatic rings. The van der Waals surface area contributed by atoms with Gasteiger partial charge in [-0.05, 0) is 6.92 Å². The van der Waals surface area contributed by atoms with Gasteiger partial charge in [-0.25, -0.2) is 9.59 Å². The van der Waals surface area contributed by atoms with Crippen LogP contribution in [0.2, 0.25) is 0 Å². The van der Waals surface area contributed by atoms with E-state index in [1.807, 2.05) is 5.32 Å². The zero-order valence-electron chi connectivity index (χ0n) is 10.6. The second-order valence-corrected chi connectivity index (χ2v) is 3.30. The smallest absolute Gasteiger partial charge is 0.326 e. The lowest BCUT2D eigenvalue weighted by Gasteiger charge is -2.13. The van der Waals surface area contributed by atoms with Crippen molar-refractivity contribution in [1.29, 1.82) is 0 Å². The minimum Gasteiger partial charge on any atom is -0.480 e. The van der Waals surface area contributed by atoms with Crippen LogP contribution in [0.3, 0.4) is 0 Å². The van der Waals surface area contributed by atoms with Gasteiger partial charge in [0.2, 0.25) is 0 Å². The number of hydrogen-bond acceptors (Lipinski definition) is 6. The molecule has 3 N–H and O–H groups in total. The molecule has 9 nitrogen and oxygen atoms in total. The molecule has 0 radical (unpaired) electrons. The van der Waals surface area contributed by atoms with Gasteiger partial charge in [0, 0.05) is 0 Å². The molecule has 0 rings (SSSR count). The van der Waals surface area contributed by atoms with Crippen LogP contribution in [0.4, 0.5) is 4.79 Å². The van der Waals surface area contributed by atoms with Crippen molar-refractivity contribution in [2.45, 2.75) is 19.4 Å². The third kappa shape index (κ3) is 7.58. The molecule has 0 fully saturated rings. The lowest BCUT2D eigenvalue weighted by molar-refractivity contribution is -0.147. The predicted octanol–water partition coefficient (Wildman–Crippen LogP) is -1.13. The molecule has 9 heteroatoms. The Kier molecular flexibility index (Phi) is 7.66. The normalized spacial score (nSPS) is 11.1. The molecule has 0 unspecified atom stereocenters. The van der Waals surface area contributed by atoms with Crippen LogP contribution in [0, 0.1) is 0 Å². The lowest BCUT2D eigenvalue weighted by Crippen LogP contribution is -2.48. The summed E-state index contributed by atoms with van der Waals surface area (Å²) < 4.78 is 8.85. The molecule has 0 aromatic carbocycles. The van der Waals surface area contributed by atoms with E-state index >= 15 is 0 Å². The van der Waals surface area contributed by atoms with Crippen molar-refractivity contribution in [2.75, 3.05) is 20.3 Å². The molecule has 19 heavy (non-hydrogen) atoms. The molecule has 1 atom stereocenters. The maximum Gasteiger partial charge on any atom is 0.326 e. The minimum atomic E-state index is -1.44. The van der Waals surface area contributed by atoms with Gasteiger partial charge in [-0.2, -0.15) is 0 Å². The fraction of sp³-hybridized carbons (Fsp3) is 0.600. The quantitative estimate of drug-likeness (QED) is 0.501. The Morgan fingerprint density at radius 1 is 1.21 bits per heavy atom. The summed E-state index contributed by atoms with van der Waals surface area (Å²) in [7, 11) is 1.10. The van der Waals surface area contributed by atoms with Gasteiger partial charge < -0.3 is 25.2 Å². The molecule has 0 aromatic rings. The second-order valence-electron chi connectivity index (χ2n) is 3.30. The number of rotatable bonds is 7. The van der Waals surface area contributed by atoms with Crippen LogP contribution in [0.5, 0.6) is 0 Å². The van der Waals surface area contributed by atoms with Gasteiger partial charge in [-0.15, -0.1) is 0 Å². The first-order chi connectivity index (χ1) is 8.90. The largest absolute Gasteiger partial charge is 0.480 e. The van der Waals surface area contributed by atoms with E-state index in [1.165, 1.54) is 0 Å². The Morgan fingerprint density at radius 2 is 1.84 bits per heavy atom. The van der Waals surface area contributed by atoms with Gasteiger partial charge in [0.25, 0.3) is 0 Å². The average molecular weight is 276 g/mol. The Bertz CT molecular complexity index is 356. The van der Waals surface area contributed by atoms with Crippen LogP contribution < -0.4 is 10.6 Å². The highest BCUT2D eigenvalue weighted by molar-refractivity contribution is 5.87. The highest BCUT2D eigenvalue weighted by atomic mass is 16.5. The Balaban J connectivity index is 4.21. The van der Waals surface area contributed by atoms with Gasteiger partial charge in [-0.1, -0.05) is 0 Å². The third-order valence-electron chi connectivity index (χ3n) is 1.90. The molecule has 0 heterocycles. The van der Waals surface area contributed by atoms with E-state index in [9.17, 15) is 19.2 Å². The van der Waals surface area contributed by atoms with Gasteiger partial charge >= 0.3 is 23.9 Å². The summed E-state index contributed by atoms with van der Waals surface area (Å²) in [6, 6.07) is -2.33. The van der Waals surface area contributed by atoms with Gasteiger partial charge in [0.05, 0.1) is 20.1 Å². The van der Waals surface area contributed by atoms with Crippen LogP contribution >= 0.6 is 0 Å². The van der Waals surface area contributed by atoms with Gasteiger partial charge in [0.15, 0.2) is 0 Å². The van der Waals surface area contributed by atoms with E-state index in [2.05, 4.69) is 14.8 Å². The molecular formula is C10H16N2O7. The van der Waals surface area contributed by atoms with Crippen molar-refractivity contribution in [3.8, 4) is 0 Å². The van der Waals surface area contributed by atoms with Crippen molar-refractivity contribution >= 4 is 23.9 Å². The number of hydrogen-bond donors (Lipinski definition) is 3. The summed E-state index contributed by atoms with van der Waals surface area (Å²) >= 11 is 0. The standard InChI is InChI=1S/C10H16N2O7/c1-3-19-8(14)5-11-10(17)12-6(9(15)16)4-7(13)18-2/h6H,3-5H2,1-2H3,(H,15,16)(H2,11,12,17)/t6-/m0/s1. The first-order valence-corrected chi connectivity index (χ1v) is 5.40. The van der Waals surface area contributed by atoms with Crippen LogP contribution in [-0.2, 0) is 23.9 Å². The lowest BCUT2D eigenvalue weighted by atomic mass is 10.2. The number of carboxylic acids is 1. The molecule has 2 amide bonds. The van der Waals surface area contributed by atoms with Crippen molar-refractivity contribution in [1.82, 2.24) is 10.6 Å². The summed E-state index contributed by atoms with van der Waals surface area (Å²) in [6.07, 6.45) is -0.515. The maximum atomic E-state index is 11.3. The van der Waals surface area contributed by atoms with E-state index < -0.39 is 42.9 Å². The molecule has 0 bridgehead atoms. The van der Waals surface area contributed by atoms with E-state index in [4.69, 9.17) is 5.11 Å². The van der Waals surface area contributed by atoms with Gasteiger partial charge in [0.1, 0.15) is 12.6 Å². The molecule has 0 aliphatic heterocycles. The molecule has 0 aliphatic carbocycles. The van der Waals surface area contributed by atoms with E-state index in [1.54, 1.807) is 6.92 Å². The van der Waals surface area contributed by atoms with Crippen LogP contribution in [-0.4, -0.2) is 55.3 Å². The monoisotopic (exact) mass is 276 g/mol. The van der Waals surface area contributed by atoms with Crippen molar-refractivity contribution in [3.05, 3.63) is 0 Å². The van der Waals surface area contributed by atoms with Crippen molar-refractivity contribution < 1.29 is 33.8 Å². The predicted molar refractivity (Wildman–Crippen MR) is 61.2 cm³/mol. The third-order valence-corrected chi connectivity index (χ3v) is 1.90. The summed E-state index contributed by atoms with van der Waals surface area (Å²) in [5, 5.41) is 12.9. The number of nitrogens with one attached hydrogen (secondary N) is 2. The molecule has 0 spiro atoms. The topological polar surface area (TPSA) is 131 Å². The highest BCUT2D eigenvalue weighted by Gasteiger charge is 2.23. The number of carboxylic acid groups (broad SMARTS) is 1. The first-order valence-electron chi connectivity index (χ1n) is 5.40. The maximum absolute atomic E-state index is 11.3. The fourth-order valence-electron chi connectivity index (χ4n) is 1.02. The average Bonchev–Trinajstić information content (AvgIpc) is 2.35. The Hall–Kier alpha value is -2.32. The van der Waals surface area contributed by atoms with Crippen LogP contribution in [0.1, 0.15) is 13.3 Å². The fourth-order valence-corrected chi connectivity index (χ4v) is 1.02. The summed E-state index contributed by atoms with van der Waals surface area (Å²) in [5.74, 6) is -2.83. The molecule has 0 saturated heterocycles. The molecule has 0 saturated carbocycles. The van der Waals surface area contributed by atoms with E-state index in [-0.39, 0.29) is 6.61 Å². The number of carbonyl (C=O) groups is 4. The zero-order valence-corrected chi connectivity index (χ0v) is 10.6. The SMILES string of the molecule is CCOC(=O)CNC(=O)N[C@@H](CC(=O)OC)C(=O)O. The number of ether oxygens (including phenoxy) is 2. The van der Waals surface area contributed by atoms with E-state index in [0.29, 0.717) is 0 Å². The summed E-state index contributed by atoms with van der Waals surface area (Å²) in [4.78, 5) is 43.9. The second kappa shape index (κ2) is 8.72. The first kappa shape index (κ1) is 16.7. The molecular weight excluding hydrogens is 260 g/mol. The van der Waals surface area contributed by atoms with Crippen molar-refractivity contribution in [3.63, 3.8) is 0 Å². The highest BCUT2D eigenvalue weighted by Crippen LogP contribution is 1.95. The number of esters is 2. The van der Waals surface area contributed by atoms with Crippen LogP contribution in [0.25, 0.3) is 0 Å². The molecule has 0 aromatic heterocycles. The number of amides is 2. The van der Waals surface area contributed by atoms with Crippen molar-refractivity contribution in [2.24, 2.45) is 0 Å².